The van der Waals surface area contributed by atoms with Gasteiger partial charge >= 0.3 is 6.09 Å². The molecule has 0 aliphatic heterocycles. The summed E-state index contributed by atoms with van der Waals surface area (Å²) in [4.78, 5) is 51.7. The fourth-order valence-electron chi connectivity index (χ4n) is 0.298. The number of sulfone groups is 1. The average Bonchev–Trinajstić information content (AvgIpc) is 3.39. The van der Waals surface area contributed by atoms with Crippen LogP contribution in [0.15, 0.2) is 23.3 Å². The third-order valence-electron chi connectivity index (χ3n) is 9.28. The number of ketones is 1. The molecule has 0 bridgehead atoms. The molecular weight excluding hydrogens is 1130 g/mol. The zero-order chi connectivity index (χ0) is 71.0. The Hall–Kier alpha value is -2.97. The Morgan fingerprint density at radius 2 is 0.880 bits per heavy atom. The molecule has 0 aromatic carbocycles. The van der Waals surface area contributed by atoms with Crippen molar-refractivity contribution in [2.75, 3.05) is 148 Å². The van der Waals surface area contributed by atoms with Crippen LogP contribution in [0.2, 0.25) is 0 Å². The first-order valence-electron chi connectivity index (χ1n) is 28.2. The van der Waals surface area contributed by atoms with E-state index in [1.54, 1.807) is 76.4 Å². The Morgan fingerprint density at radius 1 is 0.675 bits per heavy atom. The molecule has 0 aromatic heterocycles. The number of hydrogen-bond donors (Lipinski definition) is 1. The molecule has 0 radical (unpaired) electrons. The number of rotatable bonds is 9. The molecule has 3 atom stereocenters. The number of ether oxygens (including phenoxy) is 2. The third kappa shape index (κ3) is 242. The van der Waals surface area contributed by atoms with E-state index in [1.807, 2.05) is 119 Å². The molecule has 21 heteroatoms. The Balaban J connectivity index is -0.0000000460. The van der Waals surface area contributed by atoms with Crippen LogP contribution in [0.4, 0.5) is 4.79 Å². The van der Waals surface area contributed by atoms with Gasteiger partial charge in [0, 0.05) is 125 Å². The molecule has 0 saturated heterocycles. The van der Waals surface area contributed by atoms with E-state index < -0.39 is 20.6 Å². The predicted octanol–water partition coefficient (Wildman–Crippen LogP) is 13.1. The summed E-state index contributed by atoms with van der Waals surface area (Å²) < 4.78 is 38.8. The normalized spacial score (nSPS) is 9.76. The second kappa shape index (κ2) is 92.7. The number of carbonyl (C=O) groups is 4. The number of nitriles is 1. The van der Waals surface area contributed by atoms with Gasteiger partial charge in [-0.3, -0.25) is 23.5 Å². The Bertz CT molecular complexity index is 1460. The Labute approximate surface area is 531 Å². The Kier molecular flexibility index (Phi) is 132. The molecule has 0 heterocycles. The van der Waals surface area contributed by atoms with E-state index in [0.29, 0.717) is 5.92 Å². The number of nitrogens with zero attached hydrogens (tertiary/aromatic N) is 7. The van der Waals surface area contributed by atoms with Crippen molar-refractivity contribution in [1.82, 2.24) is 29.4 Å². The molecule has 0 spiro atoms. The molecular formula is C62H143N7O10S4. The van der Waals surface area contributed by atoms with Gasteiger partial charge < -0.3 is 39.1 Å². The number of Topliss-reactive ketones (excluding diaryl/α,β-unsaturated/α-hetero) is 1. The first-order chi connectivity index (χ1) is 37.3. The predicted molar refractivity (Wildman–Crippen MR) is 379 cm³/mol. The van der Waals surface area contributed by atoms with Crippen LogP contribution in [0.25, 0.3) is 0 Å². The summed E-state index contributed by atoms with van der Waals surface area (Å²) in [6.45, 7) is 48.7. The van der Waals surface area contributed by atoms with Crippen LogP contribution in [0.5, 0.6) is 0 Å². The number of methoxy groups -OCH3 is 2. The van der Waals surface area contributed by atoms with Crippen molar-refractivity contribution in [3.8, 4) is 6.07 Å². The van der Waals surface area contributed by atoms with Crippen LogP contribution in [0, 0.1) is 29.1 Å². The van der Waals surface area contributed by atoms with E-state index in [9.17, 15) is 31.8 Å². The number of thioether (sulfide) groups is 1. The number of carbonyl (C=O) groups excluding carboxylic acids is 4. The second-order valence-corrected chi connectivity index (χ2v) is 26.2. The topological polar surface area (TPSA) is 201 Å². The van der Waals surface area contributed by atoms with Crippen LogP contribution in [-0.2, 0) is 44.5 Å². The van der Waals surface area contributed by atoms with Gasteiger partial charge in [-0.05, 0) is 135 Å². The summed E-state index contributed by atoms with van der Waals surface area (Å²) in [7, 11) is 21.7. The van der Waals surface area contributed by atoms with Gasteiger partial charge in [-0.15, -0.1) is 0 Å². The zero-order valence-electron chi connectivity index (χ0n) is 62.2. The van der Waals surface area contributed by atoms with Crippen molar-refractivity contribution in [1.29, 1.82) is 5.26 Å². The maximum Gasteiger partial charge on any atom is 0.408 e. The summed E-state index contributed by atoms with van der Waals surface area (Å²) in [5.74, 6) is 4.21. The van der Waals surface area contributed by atoms with Gasteiger partial charge in [0.2, 0.25) is 11.8 Å². The molecule has 0 aliphatic carbocycles. The van der Waals surface area contributed by atoms with E-state index in [1.165, 1.54) is 65.2 Å². The third-order valence-corrected chi connectivity index (χ3v) is 12.1. The second-order valence-electron chi connectivity index (χ2n) is 20.3. The molecule has 3 unspecified atom stereocenters. The molecule has 510 valence electrons. The highest BCUT2D eigenvalue weighted by molar-refractivity contribution is 7.98. The van der Waals surface area contributed by atoms with E-state index in [0.717, 1.165) is 29.8 Å². The van der Waals surface area contributed by atoms with E-state index in [2.05, 4.69) is 115 Å². The molecule has 1 N–H and O–H groups in total. The maximum absolute atomic E-state index is 10.2. The standard InChI is InChI=1S/C5H10N2.C5H12O.C5H10O.C5H12.2C5H10.C4H9NO2.2C4H9NO.C4H9NS.C4H11N.C3H8O2S.C3H8OS.C3H8O.C3H8S/c1-5(4-6)7(2)3;2*1-4(2)5(3)6;3*1-4-5(2)3;1-5(2)4(6)7-3;3*1-4(6)5(2)3;1-4-5(2)3;1-3-6(2,4)5;1-3-5(2)4;2*1-3-4-2/h5H,1-3H3;4-6H,1-3H3;4H,1-3H3;5H,4H2,1-3H3;2*4H,1-3H3;1-3H3;3*1-3H3;4H2,1-3H3;3H2,1-2H3;3H2,1-2H3;2*3H2,1-2H3. The molecule has 17 nitrogen and oxygen atoms in total. The summed E-state index contributed by atoms with van der Waals surface area (Å²) in [6, 6.07) is 2.13. The lowest BCUT2D eigenvalue weighted by Crippen LogP contribution is -2.22. The van der Waals surface area contributed by atoms with Gasteiger partial charge in [-0.1, -0.05) is 118 Å². The van der Waals surface area contributed by atoms with E-state index in [-0.39, 0.29) is 47.5 Å². The summed E-state index contributed by atoms with van der Waals surface area (Å²) in [5, 5.41) is 16.8. The lowest BCUT2D eigenvalue weighted by molar-refractivity contribution is -0.127. The molecule has 0 saturated carbocycles. The number of hydrogen-bond acceptors (Lipinski definition) is 15. The molecule has 0 rings (SSSR count). The minimum Gasteiger partial charge on any atom is -0.453 e. The first kappa shape index (κ1) is 118. The lowest BCUT2D eigenvalue weighted by Gasteiger charge is -2.09. The number of aliphatic hydroxyl groups excluding tert-OH is 1. The fraction of sp³-hybridized carbons (Fsp3) is 0.839. The van der Waals surface area contributed by atoms with Gasteiger partial charge in [0.25, 0.3) is 0 Å². The first-order valence-corrected chi connectivity index (χ1v) is 33.7. The van der Waals surface area contributed by atoms with Crippen molar-refractivity contribution in [2.24, 2.45) is 17.8 Å². The van der Waals surface area contributed by atoms with Gasteiger partial charge in [0.1, 0.15) is 15.6 Å². The number of allylic oxidation sites excluding steroid dienone is 4. The van der Waals surface area contributed by atoms with Crippen LogP contribution in [-0.4, -0.2) is 236 Å². The largest absolute Gasteiger partial charge is 0.453 e. The molecule has 0 aromatic rings. The summed E-state index contributed by atoms with van der Waals surface area (Å²) in [6.07, 6.45) is 10.0. The van der Waals surface area contributed by atoms with Crippen molar-refractivity contribution >= 4 is 73.3 Å². The van der Waals surface area contributed by atoms with Crippen LogP contribution >= 0.6 is 24.0 Å². The highest BCUT2D eigenvalue weighted by atomic mass is 32.2. The highest BCUT2D eigenvalue weighted by Crippen LogP contribution is 1.97. The summed E-state index contributed by atoms with van der Waals surface area (Å²) in [5.41, 5.74) is 2.76. The monoisotopic (exact) mass is 1270 g/mol. The number of aliphatic hydroxyl groups is 1. The molecule has 0 aliphatic rings. The molecule has 0 fully saturated rings. The lowest BCUT2D eigenvalue weighted by atomic mass is 10.1. The van der Waals surface area contributed by atoms with Crippen molar-refractivity contribution < 1.29 is 46.4 Å². The van der Waals surface area contributed by atoms with Gasteiger partial charge in [0.15, 0.2) is 0 Å². The number of thiocarbonyl (C=S) groups is 1. The van der Waals surface area contributed by atoms with Gasteiger partial charge in [-0.2, -0.15) is 17.0 Å². The van der Waals surface area contributed by atoms with Crippen molar-refractivity contribution in [2.45, 2.75) is 185 Å². The number of amides is 3. The highest BCUT2D eigenvalue weighted by Gasteiger charge is 1.99. The zero-order valence-corrected chi connectivity index (χ0v) is 65.4. The molecule has 3 amide bonds. The summed E-state index contributed by atoms with van der Waals surface area (Å²) >= 11 is 6.60. The minimum absolute atomic E-state index is 0.0417. The van der Waals surface area contributed by atoms with Crippen molar-refractivity contribution in [3.05, 3.63) is 23.3 Å². The van der Waals surface area contributed by atoms with Gasteiger partial charge in [0.05, 0.1) is 30.3 Å². The minimum atomic E-state index is -2.66. The van der Waals surface area contributed by atoms with Crippen LogP contribution < -0.4 is 0 Å². The SMILES string of the molecule is CC(=O)C(C)C.CC(=O)N(C)C.CC(=O)N(C)C.CC(=S)N(C)C.CC(C#N)N(C)C.CC(C)C(C)O.CC=C(C)C.CC=C(C)C.CCC(C)C.CCN(C)C.CCOC.CCS(C)(=O)=O.CCS(C)=O.CCSC.COC(=O)N(C)C. The fourth-order valence-corrected chi connectivity index (χ4v) is 0.298. The molecule has 83 heavy (non-hydrogen) atoms. The average molecular weight is 1280 g/mol. The van der Waals surface area contributed by atoms with Crippen LogP contribution in [0.3, 0.4) is 0 Å². The quantitative estimate of drug-likeness (QED) is 0.169. The van der Waals surface area contributed by atoms with Gasteiger partial charge in [-0.25, -0.2) is 13.2 Å². The van der Waals surface area contributed by atoms with E-state index in [4.69, 9.17) is 22.6 Å². The van der Waals surface area contributed by atoms with E-state index >= 15 is 0 Å². The van der Waals surface area contributed by atoms with Crippen LogP contribution in [0.1, 0.15) is 173 Å². The smallest absolute Gasteiger partial charge is 0.408 e. The Morgan fingerprint density at radius 3 is 0.880 bits per heavy atom. The van der Waals surface area contributed by atoms with Crippen molar-refractivity contribution in [3.63, 3.8) is 0 Å². The maximum atomic E-state index is 10.2.